The van der Waals surface area contributed by atoms with E-state index in [1.165, 1.54) is 0 Å². The zero-order chi connectivity index (χ0) is 13.9. The molecule has 0 bridgehead atoms. The van der Waals surface area contributed by atoms with Gasteiger partial charge in [-0.2, -0.15) is 0 Å². The van der Waals surface area contributed by atoms with Crippen molar-refractivity contribution in [1.29, 1.82) is 0 Å². The van der Waals surface area contributed by atoms with Crippen LogP contribution < -0.4 is 10.5 Å². The van der Waals surface area contributed by atoms with E-state index in [-0.39, 0.29) is 5.54 Å². The normalized spacial score (nSPS) is 11.7. The minimum Gasteiger partial charge on any atom is -0.492 e. The minimum atomic E-state index is -0.0195. The summed E-state index contributed by atoms with van der Waals surface area (Å²) in [4.78, 5) is 2.51. The first-order chi connectivity index (χ1) is 8.24. The highest BCUT2D eigenvalue weighted by atomic mass is 79.9. The van der Waals surface area contributed by atoms with Crippen molar-refractivity contribution in [1.82, 2.24) is 4.90 Å². The van der Waals surface area contributed by atoms with Crippen LogP contribution in [0.1, 0.15) is 19.4 Å². The third kappa shape index (κ3) is 3.93. The molecule has 18 heavy (non-hydrogen) atoms. The lowest BCUT2D eigenvalue weighted by Crippen LogP contribution is -2.43. The molecule has 0 aromatic heterocycles. The van der Waals surface area contributed by atoms with Gasteiger partial charge in [-0.05, 0) is 62.1 Å². The summed E-state index contributed by atoms with van der Waals surface area (Å²) in [6, 6.07) is 5.63. The number of nitrogens with zero attached hydrogens (tertiary/aromatic N) is 1. The molecule has 1 aromatic carbocycles. The summed E-state index contributed by atoms with van der Waals surface area (Å²) in [5.74, 6) is 0.803. The first kappa shape index (κ1) is 15.4. The fraction of sp³-hybridized carbons (Fsp3) is 0.462. The molecule has 0 radical (unpaired) electrons. The first-order valence-corrected chi connectivity index (χ1v) is 6.84. The Balaban J connectivity index is 2.76. The molecule has 0 saturated carbocycles. The smallest absolute Gasteiger partial charge is 0.120 e. The molecule has 0 fully saturated rings. The van der Waals surface area contributed by atoms with Gasteiger partial charge in [0.25, 0.3) is 0 Å². The van der Waals surface area contributed by atoms with Gasteiger partial charge in [0, 0.05) is 15.6 Å². The van der Waals surface area contributed by atoms with E-state index in [2.05, 4.69) is 34.7 Å². The predicted octanol–water partition coefficient (Wildman–Crippen LogP) is 2.80. The van der Waals surface area contributed by atoms with Crippen LogP contribution in [0, 0.1) is 0 Å². The molecule has 0 spiro atoms. The second kappa shape index (κ2) is 5.99. The molecule has 1 aromatic rings. The van der Waals surface area contributed by atoms with Crippen molar-refractivity contribution < 1.29 is 4.74 Å². The van der Waals surface area contributed by atoms with E-state index in [0.717, 1.165) is 15.8 Å². The molecule has 0 amide bonds. The second-order valence-electron chi connectivity index (χ2n) is 5.00. The molecule has 0 atom stereocenters. The molecule has 0 aliphatic heterocycles. The molecule has 5 heteroatoms. The van der Waals surface area contributed by atoms with Crippen molar-refractivity contribution in [3.63, 3.8) is 0 Å². The number of likely N-dealkylation sites (N-methyl/N-ethyl adjacent to an activating group) is 1. The van der Waals surface area contributed by atoms with Crippen molar-refractivity contribution >= 4 is 33.1 Å². The second-order valence-corrected chi connectivity index (χ2v) is 6.30. The third-order valence-electron chi connectivity index (χ3n) is 3.01. The number of halogens is 1. The largest absolute Gasteiger partial charge is 0.492 e. The Morgan fingerprint density at radius 2 is 2.06 bits per heavy atom. The Kier molecular flexibility index (Phi) is 5.13. The summed E-state index contributed by atoms with van der Waals surface area (Å²) in [7, 11) is 4.07. The number of nitrogens with two attached hydrogens (primary N) is 1. The van der Waals surface area contributed by atoms with Gasteiger partial charge in [0.15, 0.2) is 0 Å². The quantitative estimate of drug-likeness (QED) is 0.842. The number of hydrogen-bond donors (Lipinski definition) is 1. The number of ether oxygens (including phenoxy) is 1. The van der Waals surface area contributed by atoms with Crippen LogP contribution in [0.5, 0.6) is 5.75 Å². The molecule has 2 N–H and O–H groups in total. The van der Waals surface area contributed by atoms with Crippen LogP contribution in [0.3, 0.4) is 0 Å². The highest BCUT2D eigenvalue weighted by molar-refractivity contribution is 9.10. The van der Waals surface area contributed by atoms with Gasteiger partial charge >= 0.3 is 0 Å². The molecule has 0 heterocycles. The average Bonchev–Trinajstić information content (AvgIpc) is 2.25. The SMILES string of the molecule is CN(C)C(C)(C)COc1ccc(C(N)=S)c(Br)c1. The number of rotatable bonds is 5. The lowest BCUT2D eigenvalue weighted by molar-refractivity contribution is 0.114. The van der Waals surface area contributed by atoms with Gasteiger partial charge in [-0.15, -0.1) is 0 Å². The summed E-state index contributed by atoms with van der Waals surface area (Å²) < 4.78 is 6.65. The maximum atomic E-state index is 5.79. The van der Waals surface area contributed by atoms with E-state index in [1.807, 2.05) is 32.3 Å². The van der Waals surface area contributed by atoms with Gasteiger partial charge in [0.2, 0.25) is 0 Å². The van der Waals surface area contributed by atoms with Gasteiger partial charge in [-0.25, -0.2) is 0 Å². The Bertz CT molecular complexity index is 447. The molecule has 0 aliphatic carbocycles. The summed E-state index contributed by atoms with van der Waals surface area (Å²) >= 11 is 8.39. The van der Waals surface area contributed by atoms with Gasteiger partial charge in [-0.1, -0.05) is 12.2 Å². The predicted molar refractivity (Wildman–Crippen MR) is 83.3 cm³/mol. The van der Waals surface area contributed by atoms with Crippen molar-refractivity contribution in [2.45, 2.75) is 19.4 Å². The van der Waals surface area contributed by atoms with Crippen LogP contribution in [-0.2, 0) is 0 Å². The highest BCUT2D eigenvalue weighted by Crippen LogP contribution is 2.24. The van der Waals surface area contributed by atoms with Crippen molar-refractivity contribution in [3.8, 4) is 5.75 Å². The molecule has 0 saturated heterocycles. The van der Waals surface area contributed by atoms with Gasteiger partial charge in [0.1, 0.15) is 17.3 Å². The summed E-state index contributed by atoms with van der Waals surface area (Å²) in [6.45, 7) is 4.87. The van der Waals surface area contributed by atoms with Crippen LogP contribution >= 0.6 is 28.1 Å². The van der Waals surface area contributed by atoms with Crippen LogP contribution in [0.2, 0.25) is 0 Å². The summed E-state index contributed by atoms with van der Waals surface area (Å²) in [6.07, 6.45) is 0. The van der Waals surface area contributed by atoms with Crippen molar-refractivity contribution in [3.05, 3.63) is 28.2 Å². The van der Waals surface area contributed by atoms with Crippen molar-refractivity contribution in [2.24, 2.45) is 5.73 Å². The maximum absolute atomic E-state index is 5.79. The lowest BCUT2D eigenvalue weighted by atomic mass is 10.1. The first-order valence-electron chi connectivity index (χ1n) is 5.63. The Labute approximate surface area is 122 Å². The van der Waals surface area contributed by atoms with Crippen LogP contribution in [0.4, 0.5) is 0 Å². The van der Waals surface area contributed by atoms with E-state index >= 15 is 0 Å². The van der Waals surface area contributed by atoms with Crippen LogP contribution in [0.15, 0.2) is 22.7 Å². The van der Waals surface area contributed by atoms with Gasteiger partial charge in [-0.3, -0.25) is 0 Å². The molecular weight excluding hydrogens is 312 g/mol. The van der Waals surface area contributed by atoms with Crippen molar-refractivity contribution in [2.75, 3.05) is 20.7 Å². The fourth-order valence-corrected chi connectivity index (χ4v) is 2.06. The molecule has 0 unspecified atom stereocenters. The Morgan fingerprint density at radius 3 is 2.50 bits per heavy atom. The number of benzene rings is 1. The summed E-state index contributed by atoms with van der Waals surface area (Å²) in [5, 5.41) is 0. The van der Waals surface area contributed by atoms with E-state index in [9.17, 15) is 0 Å². The topological polar surface area (TPSA) is 38.5 Å². The van der Waals surface area contributed by atoms with E-state index in [0.29, 0.717) is 11.6 Å². The summed E-state index contributed by atoms with van der Waals surface area (Å²) in [5.41, 5.74) is 6.41. The Hall–Kier alpha value is -0.650. The molecule has 1 rings (SSSR count). The highest BCUT2D eigenvalue weighted by Gasteiger charge is 2.21. The van der Waals surface area contributed by atoms with Crippen LogP contribution in [0.25, 0.3) is 0 Å². The number of hydrogen-bond acceptors (Lipinski definition) is 3. The number of thiocarbonyl (C=S) groups is 1. The zero-order valence-electron chi connectivity index (χ0n) is 11.2. The fourth-order valence-electron chi connectivity index (χ4n) is 1.17. The third-order valence-corrected chi connectivity index (χ3v) is 3.88. The van der Waals surface area contributed by atoms with E-state index in [4.69, 9.17) is 22.7 Å². The molecular formula is C13H19BrN2OS. The van der Waals surface area contributed by atoms with E-state index in [1.54, 1.807) is 0 Å². The standard InChI is InChI=1S/C13H19BrN2OS/c1-13(2,16(3)4)8-17-9-5-6-10(12(15)18)11(14)7-9/h5-7H,8H2,1-4H3,(H2,15,18). The molecule has 100 valence electrons. The van der Waals surface area contributed by atoms with Crippen LogP contribution in [-0.4, -0.2) is 36.1 Å². The van der Waals surface area contributed by atoms with Gasteiger partial charge in [0.05, 0.1) is 0 Å². The van der Waals surface area contributed by atoms with Gasteiger partial charge < -0.3 is 15.4 Å². The molecule has 0 aliphatic rings. The van der Waals surface area contributed by atoms with E-state index < -0.39 is 0 Å². The zero-order valence-corrected chi connectivity index (χ0v) is 13.6. The maximum Gasteiger partial charge on any atom is 0.120 e. The average molecular weight is 331 g/mol. The Morgan fingerprint density at radius 1 is 1.44 bits per heavy atom. The monoisotopic (exact) mass is 330 g/mol. The molecule has 3 nitrogen and oxygen atoms in total. The minimum absolute atomic E-state index is 0.0195. The lowest BCUT2D eigenvalue weighted by Gasteiger charge is -2.32.